The quantitative estimate of drug-likeness (QED) is 0.139. The number of phenols is 11. The maximum absolute atomic E-state index is 11.4. The van der Waals surface area contributed by atoms with E-state index in [1.165, 1.54) is 0 Å². The highest BCUT2D eigenvalue weighted by atomic mass is 16.5. The van der Waals surface area contributed by atoms with Crippen LogP contribution in [0, 0.1) is 0 Å². The third kappa shape index (κ3) is 5.12. The number of aliphatic hydroxyl groups is 2. The number of hydrogen-bond donors (Lipinski definition) is 13. The monoisotopic (exact) mass is 612 g/mol. The Labute approximate surface area is 247 Å². The molecule has 14 heteroatoms. The molecular weight excluding hydrogens is 584 g/mol. The molecule has 5 rings (SSSR count). The van der Waals surface area contributed by atoms with Crippen LogP contribution in [0.2, 0.25) is 0 Å². The first-order valence-electron chi connectivity index (χ1n) is 13.0. The molecule has 0 amide bonds. The number of phenolic OH excluding ortho intramolecular Hbond substituents is 11. The van der Waals surface area contributed by atoms with Gasteiger partial charge in [-0.05, 0) is 29.8 Å². The molecule has 0 fully saturated rings. The van der Waals surface area contributed by atoms with Crippen LogP contribution in [0.5, 0.6) is 69.0 Å². The van der Waals surface area contributed by atoms with Crippen LogP contribution >= 0.6 is 0 Å². The molecule has 0 radical (unpaired) electrons. The van der Waals surface area contributed by atoms with Gasteiger partial charge in [0.15, 0.2) is 40.6 Å². The molecular formula is C30H28O14. The number of hydrogen-bond acceptors (Lipinski definition) is 14. The third-order valence-corrected chi connectivity index (χ3v) is 7.57. The topological polar surface area (TPSA) is 272 Å². The molecule has 4 aromatic rings. The van der Waals surface area contributed by atoms with Crippen LogP contribution in [0.1, 0.15) is 39.8 Å². The Hall–Kier alpha value is -5.60. The minimum absolute atomic E-state index is 0.0477. The molecule has 4 aromatic carbocycles. The van der Waals surface area contributed by atoms with E-state index in [4.69, 9.17) is 4.74 Å². The summed E-state index contributed by atoms with van der Waals surface area (Å²) in [6, 6.07) is 6.86. The zero-order valence-electron chi connectivity index (χ0n) is 22.5. The van der Waals surface area contributed by atoms with Crippen LogP contribution in [0.4, 0.5) is 0 Å². The second-order valence-corrected chi connectivity index (χ2v) is 10.5. The van der Waals surface area contributed by atoms with E-state index in [2.05, 4.69) is 0 Å². The molecule has 4 atom stereocenters. The van der Waals surface area contributed by atoms with Crippen molar-refractivity contribution >= 4 is 0 Å². The van der Waals surface area contributed by atoms with E-state index in [0.29, 0.717) is 0 Å². The van der Waals surface area contributed by atoms with E-state index >= 15 is 0 Å². The van der Waals surface area contributed by atoms with Crippen molar-refractivity contribution in [3.05, 3.63) is 70.3 Å². The molecule has 0 saturated carbocycles. The smallest absolute Gasteiger partial charge is 0.200 e. The summed E-state index contributed by atoms with van der Waals surface area (Å²) in [7, 11) is 0. The second-order valence-electron chi connectivity index (χ2n) is 10.5. The predicted octanol–water partition coefficient (Wildman–Crippen LogP) is 2.22. The van der Waals surface area contributed by atoms with Gasteiger partial charge >= 0.3 is 0 Å². The Morgan fingerprint density at radius 2 is 1.16 bits per heavy atom. The van der Waals surface area contributed by atoms with Gasteiger partial charge in [0, 0.05) is 59.2 Å². The summed E-state index contributed by atoms with van der Waals surface area (Å²) in [6.07, 6.45) is -5.27. The maximum atomic E-state index is 11.4. The molecule has 0 saturated heterocycles. The van der Waals surface area contributed by atoms with E-state index in [-0.39, 0.29) is 40.0 Å². The summed E-state index contributed by atoms with van der Waals surface area (Å²) in [5, 5.41) is 135. The molecule has 232 valence electrons. The highest BCUT2D eigenvalue weighted by Crippen LogP contribution is 2.52. The molecule has 0 bridgehead atoms. The number of ether oxygens (including phenoxy) is 1. The normalized spacial score (nSPS) is 17.4. The van der Waals surface area contributed by atoms with Crippen LogP contribution < -0.4 is 4.74 Å². The summed E-state index contributed by atoms with van der Waals surface area (Å²) < 4.78 is 5.80. The fourth-order valence-electron chi connectivity index (χ4n) is 5.46. The van der Waals surface area contributed by atoms with Gasteiger partial charge < -0.3 is 71.1 Å². The van der Waals surface area contributed by atoms with Crippen LogP contribution in [-0.2, 0) is 12.8 Å². The molecule has 0 spiro atoms. The van der Waals surface area contributed by atoms with E-state index in [9.17, 15) is 66.4 Å². The van der Waals surface area contributed by atoms with Gasteiger partial charge in [0.25, 0.3) is 0 Å². The zero-order chi connectivity index (χ0) is 32.2. The van der Waals surface area contributed by atoms with Crippen molar-refractivity contribution in [2.24, 2.45) is 0 Å². The summed E-state index contributed by atoms with van der Waals surface area (Å²) in [6.45, 7) is 0. The largest absolute Gasteiger partial charge is 0.508 e. The number of rotatable bonds is 6. The minimum atomic E-state index is -1.74. The average molecular weight is 613 g/mol. The van der Waals surface area contributed by atoms with Gasteiger partial charge in [-0.25, -0.2) is 0 Å². The maximum Gasteiger partial charge on any atom is 0.200 e. The number of aliphatic hydroxyl groups excluding tert-OH is 2. The predicted molar refractivity (Wildman–Crippen MR) is 149 cm³/mol. The van der Waals surface area contributed by atoms with Crippen molar-refractivity contribution in [3.63, 3.8) is 0 Å². The zero-order valence-corrected chi connectivity index (χ0v) is 22.5. The van der Waals surface area contributed by atoms with Crippen LogP contribution in [0.25, 0.3) is 0 Å². The van der Waals surface area contributed by atoms with Gasteiger partial charge in [-0.15, -0.1) is 0 Å². The van der Waals surface area contributed by atoms with Gasteiger partial charge in [-0.1, -0.05) is 0 Å². The number of fused-ring (bicyclic) bond motifs is 1. The molecule has 1 aliphatic heterocycles. The standard InChI is InChI=1S/C30H28O14/c31-12-5-15(32)13(16(33)6-12)7-17(34)25(10-1-19(36)28(42)20(37)2-10)26-18(35)9-24-14(27(26)41)8-23(40)30(44-24)11-3-21(38)29(43)22(39)4-11/h1-6,9,17,23,25,30-43H,7-8H2/t17-,23-,25?,30-/m1/s1. The van der Waals surface area contributed by atoms with Crippen molar-refractivity contribution in [1.82, 2.24) is 0 Å². The first kappa shape index (κ1) is 29.9. The lowest BCUT2D eigenvalue weighted by atomic mass is 9.80. The molecule has 1 heterocycles. The Bertz CT molecular complexity index is 1700. The van der Waals surface area contributed by atoms with Crippen LogP contribution in [0.15, 0.2) is 42.5 Å². The number of benzene rings is 4. The molecule has 1 unspecified atom stereocenters. The Morgan fingerprint density at radius 1 is 0.636 bits per heavy atom. The first-order chi connectivity index (χ1) is 20.7. The molecule has 1 aliphatic rings. The molecule has 44 heavy (non-hydrogen) atoms. The molecule has 0 aliphatic carbocycles. The lowest BCUT2D eigenvalue weighted by Crippen LogP contribution is -2.31. The third-order valence-electron chi connectivity index (χ3n) is 7.57. The summed E-state index contributed by atoms with van der Waals surface area (Å²) in [5.41, 5.74) is -0.748. The van der Waals surface area contributed by atoms with Crippen molar-refractivity contribution in [1.29, 1.82) is 0 Å². The Kier molecular flexibility index (Phi) is 7.41. The van der Waals surface area contributed by atoms with E-state index in [1.54, 1.807) is 0 Å². The molecule has 13 N–H and O–H groups in total. The highest BCUT2D eigenvalue weighted by molar-refractivity contribution is 5.63. The van der Waals surface area contributed by atoms with Crippen LogP contribution in [-0.4, -0.2) is 78.6 Å². The second kappa shape index (κ2) is 10.9. The SMILES string of the molecule is Oc1cc(O)c(C[C@@H](O)C(c2cc(O)c(O)c(O)c2)c2c(O)cc3c(c2O)C[C@@H](O)[C@@H](c2cc(O)c(O)c(O)c2)O3)c(O)c1. The summed E-state index contributed by atoms with van der Waals surface area (Å²) >= 11 is 0. The lowest BCUT2D eigenvalue weighted by molar-refractivity contribution is 0.0194. The lowest BCUT2D eigenvalue weighted by Gasteiger charge is -2.33. The van der Waals surface area contributed by atoms with Crippen molar-refractivity contribution in [2.45, 2.75) is 37.1 Å². The fourth-order valence-corrected chi connectivity index (χ4v) is 5.46. The van der Waals surface area contributed by atoms with Crippen molar-refractivity contribution in [3.8, 4) is 69.0 Å². The van der Waals surface area contributed by atoms with Gasteiger partial charge in [0.1, 0.15) is 34.5 Å². The molecule has 0 aromatic heterocycles. The highest BCUT2D eigenvalue weighted by Gasteiger charge is 2.38. The summed E-state index contributed by atoms with van der Waals surface area (Å²) in [5.74, 6) is -9.36. The minimum Gasteiger partial charge on any atom is -0.508 e. The fraction of sp³-hybridized carbons (Fsp3) is 0.200. The first-order valence-corrected chi connectivity index (χ1v) is 13.0. The Balaban J connectivity index is 1.62. The van der Waals surface area contributed by atoms with Gasteiger partial charge in [0.05, 0.1) is 12.2 Å². The van der Waals surface area contributed by atoms with E-state index in [1.807, 2.05) is 0 Å². The van der Waals surface area contributed by atoms with Gasteiger partial charge in [0.2, 0.25) is 0 Å². The van der Waals surface area contributed by atoms with Crippen molar-refractivity contribution in [2.75, 3.05) is 0 Å². The summed E-state index contributed by atoms with van der Waals surface area (Å²) in [4.78, 5) is 0. The number of aromatic hydroxyl groups is 11. The van der Waals surface area contributed by atoms with Gasteiger partial charge in [-0.2, -0.15) is 0 Å². The Morgan fingerprint density at radius 3 is 1.70 bits per heavy atom. The van der Waals surface area contributed by atoms with Gasteiger partial charge in [-0.3, -0.25) is 0 Å². The van der Waals surface area contributed by atoms with Crippen molar-refractivity contribution < 1.29 is 71.1 Å². The van der Waals surface area contributed by atoms with E-state index in [0.717, 1.165) is 42.5 Å². The van der Waals surface area contributed by atoms with E-state index < -0.39 is 93.9 Å². The van der Waals surface area contributed by atoms with Crippen LogP contribution in [0.3, 0.4) is 0 Å². The molecule has 14 nitrogen and oxygen atoms in total. The average Bonchev–Trinajstić information content (AvgIpc) is 2.94.